The van der Waals surface area contributed by atoms with Gasteiger partial charge >= 0.3 is 0 Å². The number of benzene rings is 2. The van der Waals surface area contributed by atoms with Gasteiger partial charge in [-0.05, 0) is 36.6 Å². The lowest BCUT2D eigenvalue weighted by Gasteiger charge is -2.17. The van der Waals surface area contributed by atoms with Crippen LogP contribution in [0, 0.1) is 0 Å². The third-order valence-corrected chi connectivity index (χ3v) is 5.77. The molecule has 7 heteroatoms. The monoisotopic (exact) mass is 376 g/mol. The minimum absolute atomic E-state index is 0.173. The number of nitrogens with zero attached hydrogens (tertiary/aromatic N) is 1. The smallest absolute Gasteiger partial charge is 0.243 e. The van der Waals surface area contributed by atoms with Crippen LogP contribution in [0.4, 0.5) is 0 Å². The summed E-state index contributed by atoms with van der Waals surface area (Å²) in [4.78, 5) is 12.2. The number of methoxy groups -OCH3 is 1. The first-order chi connectivity index (χ1) is 12.4. The van der Waals surface area contributed by atoms with Crippen molar-refractivity contribution in [3.8, 4) is 5.75 Å². The highest BCUT2D eigenvalue weighted by atomic mass is 32.2. The van der Waals surface area contributed by atoms with E-state index >= 15 is 0 Å². The Hall–Kier alpha value is -2.38. The topological polar surface area (TPSA) is 75.7 Å². The molecule has 140 valence electrons. The Bertz CT molecular complexity index is 822. The Balaban J connectivity index is 1.80. The number of hydrogen-bond donors (Lipinski definition) is 1. The highest BCUT2D eigenvalue weighted by molar-refractivity contribution is 7.89. The molecule has 0 saturated heterocycles. The van der Waals surface area contributed by atoms with E-state index in [1.54, 1.807) is 25.3 Å². The van der Waals surface area contributed by atoms with Crippen LogP contribution in [0.25, 0.3) is 0 Å². The van der Waals surface area contributed by atoms with Crippen molar-refractivity contribution in [2.45, 2.75) is 17.7 Å². The fourth-order valence-electron chi connectivity index (χ4n) is 2.53. The van der Waals surface area contributed by atoms with E-state index in [0.29, 0.717) is 6.54 Å². The molecule has 2 aromatic rings. The molecule has 0 bridgehead atoms. The van der Waals surface area contributed by atoms with Gasteiger partial charge in [0.15, 0.2) is 0 Å². The van der Waals surface area contributed by atoms with Gasteiger partial charge in [0.25, 0.3) is 0 Å². The predicted octanol–water partition coefficient (Wildman–Crippen LogP) is 2.06. The molecular formula is C19H24N2O4S. The number of para-hydroxylation sites is 1. The van der Waals surface area contributed by atoms with Crippen molar-refractivity contribution in [1.29, 1.82) is 0 Å². The second-order valence-corrected chi connectivity index (χ2v) is 7.88. The molecule has 26 heavy (non-hydrogen) atoms. The van der Waals surface area contributed by atoms with Crippen LogP contribution in [0.2, 0.25) is 0 Å². The number of carbonyl (C=O) groups excluding carboxylic acids is 1. The Morgan fingerprint density at radius 3 is 2.42 bits per heavy atom. The second-order valence-electron chi connectivity index (χ2n) is 5.84. The Morgan fingerprint density at radius 1 is 1.08 bits per heavy atom. The summed E-state index contributed by atoms with van der Waals surface area (Å²) in [5, 5.41) is 2.76. The average Bonchev–Trinajstić information content (AvgIpc) is 2.66. The molecule has 1 N–H and O–H groups in total. The van der Waals surface area contributed by atoms with E-state index in [9.17, 15) is 13.2 Å². The van der Waals surface area contributed by atoms with E-state index in [1.807, 2.05) is 24.3 Å². The summed E-state index contributed by atoms with van der Waals surface area (Å²) in [5.74, 6) is 0.500. The summed E-state index contributed by atoms with van der Waals surface area (Å²) < 4.78 is 31.1. The third-order valence-electron chi connectivity index (χ3n) is 3.96. The number of rotatable bonds is 9. The molecular weight excluding hydrogens is 352 g/mol. The summed E-state index contributed by atoms with van der Waals surface area (Å²) in [7, 11) is -0.633. The zero-order chi connectivity index (χ0) is 19.0. The molecule has 0 radical (unpaired) electrons. The molecule has 0 heterocycles. The van der Waals surface area contributed by atoms with Crippen LogP contribution in [0.1, 0.15) is 12.0 Å². The van der Waals surface area contributed by atoms with Crippen molar-refractivity contribution in [2.24, 2.45) is 0 Å². The molecule has 0 aliphatic heterocycles. The van der Waals surface area contributed by atoms with Crippen LogP contribution < -0.4 is 10.1 Å². The van der Waals surface area contributed by atoms with E-state index < -0.39 is 10.0 Å². The molecule has 2 aromatic carbocycles. The van der Waals surface area contributed by atoms with Crippen molar-refractivity contribution in [3.63, 3.8) is 0 Å². The fourth-order valence-corrected chi connectivity index (χ4v) is 3.68. The number of nitrogens with one attached hydrogen (secondary N) is 1. The van der Waals surface area contributed by atoms with Gasteiger partial charge in [-0.15, -0.1) is 0 Å². The van der Waals surface area contributed by atoms with Crippen molar-refractivity contribution < 1.29 is 17.9 Å². The number of aryl methyl sites for hydroxylation is 1. The molecule has 0 aliphatic rings. The number of likely N-dealkylation sites (N-methyl/N-ethyl adjacent to an activating group) is 1. The van der Waals surface area contributed by atoms with E-state index in [2.05, 4.69) is 5.32 Å². The van der Waals surface area contributed by atoms with E-state index in [4.69, 9.17) is 4.74 Å². The van der Waals surface area contributed by atoms with Gasteiger partial charge in [-0.2, -0.15) is 4.31 Å². The average molecular weight is 376 g/mol. The summed E-state index contributed by atoms with van der Waals surface area (Å²) in [5.41, 5.74) is 1.08. The van der Waals surface area contributed by atoms with Gasteiger partial charge in [0.1, 0.15) is 5.75 Å². The van der Waals surface area contributed by atoms with Crippen molar-refractivity contribution >= 4 is 15.9 Å². The third kappa shape index (κ3) is 5.31. The number of sulfonamides is 1. The molecule has 6 nitrogen and oxygen atoms in total. The van der Waals surface area contributed by atoms with Gasteiger partial charge in [-0.3, -0.25) is 4.79 Å². The maximum absolute atomic E-state index is 12.4. The highest BCUT2D eigenvalue weighted by Crippen LogP contribution is 2.18. The number of hydrogen-bond acceptors (Lipinski definition) is 4. The minimum Gasteiger partial charge on any atom is -0.496 e. The lowest BCUT2D eigenvalue weighted by molar-refractivity contribution is -0.121. The lowest BCUT2D eigenvalue weighted by Crippen LogP contribution is -2.38. The molecule has 0 saturated carbocycles. The van der Waals surface area contributed by atoms with E-state index in [-0.39, 0.29) is 17.3 Å². The largest absolute Gasteiger partial charge is 0.496 e. The van der Waals surface area contributed by atoms with Crippen LogP contribution in [0.3, 0.4) is 0 Å². The van der Waals surface area contributed by atoms with Gasteiger partial charge in [0.05, 0.1) is 18.6 Å². The van der Waals surface area contributed by atoms with Crippen LogP contribution in [-0.4, -0.2) is 45.9 Å². The molecule has 1 amide bonds. The van der Waals surface area contributed by atoms with Gasteiger partial charge in [0.2, 0.25) is 15.9 Å². The molecule has 0 spiro atoms. The minimum atomic E-state index is -3.66. The lowest BCUT2D eigenvalue weighted by atomic mass is 10.1. The van der Waals surface area contributed by atoms with Gasteiger partial charge < -0.3 is 10.1 Å². The Morgan fingerprint density at radius 2 is 1.73 bits per heavy atom. The van der Waals surface area contributed by atoms with Gasteiger partial charge in [0, 0.05) is 13.6 Å². The predicted molar refractivity (Wildman–Crippen MR) is 101 cm³/mol. The molecule has 0 atom stereocenters. The van der Waals surface area contributed by atoms with Gasteiger partial charge in [-0.1, -0.05) is 36.4 Å². The number of carbonyl (C=O) groups is 1. The normalized spacial score (nSPS) is 11.3. The Labute approximate surface area is 154 Å². The van der Waals surface area contributed by atoms with Crippen molar-refractivity contribution in [1.82, 2.24) is 9.62 Å². The van der Waals surface area contributed by atoms with Crippen LogP contribution >= 0.6 is 0 Å². The first-order valence-corrected chi connectivity index (χ1v) is 9.79. The summed E-state index contributed by atoms with van der Waals surface area (Å²) >= 11 is 0. The molecule has 0 aliphatic carbocycles. The fraction of sp³-hybridized carbons (Fsp3) is 0.316. The maximum atomic E-state index is 12.4. The SMILES string of the molecule is COc1ccccc1CCCNC(=O)CN(C)S(=O)(=O)c1ccccc1. The van der Waals surface area contributed by atoms with Crippen LogP contribution in [0.5, 0.6) is 5.75 Å². The zero-order valence-electron chi connectivity index (χ0n) is 15.0. The number of ether oxygens (including phenoxy) is 1. The summed E-state index contributed by atoms with van der Waals surface area (Å²) in [6, 6.07) is 15.8. The standard InChI is InChI=1S/C19H24N2O4S/c1-21(26(23,24)17-11-4-3-5-12-17)15-19(22)20-14-8-10-16-9-6-7-13-18(16)25-2/h3-7,9,11-13H,8,10,14-15H2,1-2H3,(H,20,22). The Kier molecular flexibility index (Phi) is 7.17. The zero-order valence-corrected chi connectivity index (χ0v) is 15.8. The molecule has 0 fully saturated rings. The highest BCUT2D eigenvalue weighted by Gasteiger charge is 2.22. The number of amides is 1. The molecule has 0 aromatic heterocycles. The first kappa shape index (κ1) is 19.9. The molecule has 0 unspecified atom stereocenters. The van der Waals surface area contributed by atoms with E-state index in [1.165, 1.54) is 19.2 Å². The van der Waals surface area contributed by atoms with Gasteiger partial charge in [-0.25, -0.2) is 8.42 Å². The summed E-state index contributed by atoms with van der Waals surface area (Å²) in [6.45, 7) is 0.252. The molecule has 2 rings (SSSR count). The maximum Gasteiger partial charge on any atom is 0.243 e. The van der Waals surface area contributed by atoms with Crippen LogP contribution in [0.15, 0.2) is 59.5 Å². The van der Waals surface area contributed by atoms with E-state index in [0.717, 1.165) is 28.5 Å². The van der Waals surface area contributed by atoms with Crippen LogP contribution in [-0.2, 0) is 21.2 Å². The quantitative estimate of drug-likeness (QED) is 0.680. The van der Waals surface area contributed by atoms with Crippen molar-refractivity contribution in [2.75, 3.05) is 27.2 Å². The van der Waals surface area contributed by atoms with Crippen molar-refractivity contribution in [3.05, 3.63) is 60.2 Å². The second kappa shape index (κ2) is 9.35. The summed E-state index contributed by atoms with van der Waals surface area (Å²) in [6.07, 6.45) is 1.50. The first-order valence-electron chi connectivity index (χ1n) is 8.35.